The van der Waals surface area contributed by atoms with Gasteiger partial charge in [0.2, 0.25) is 0 Å². The van der Waals surface area contributed by atoms with Gasteiger partial charge in [0.15, 0.2) is 0 Å². The van der Waals surface area contributed by atoms with E-state index in [1.807, 2.05) is 44.2 Å². The van der Waals surface area contributed by atoms with Crippen molar-refractivity contribution in [3.05, 3.63) is 58.2 Å². The van der Waals surface area contributed by atoms with E-state index >= 15 is 0 Å². The number of carbonyl (C=O) groups is 3. The molecule has 9 nitrogen and oxygen atoms in total. The number of methoxy groups -OCH3 is 1. The van der Waals surface area contributed by atoms with Crippen molar-refractivity contribution in [1.82, 2.24) is 0 Å². The second-order valence-electron chi connectivity index (χ2n) is 15.9. The van der Waals surface area contributed by atoms with Crippen LogP contribution in [0.2, 0.25) is 0 Å². The standard InChI is InChI=1S/C41H60O9/c1-26(2)28-13-15-29(11-10-23-41(7)34(49-41)20-19-31(16-14-28)36(43)47-8)37(44)48-35-25-32(27(3)4)18-17-30-12-9-22-40(6,50-38(30)45)33(42)21-24-39(35,5)46/h11-12,14,16,25-27,33-35,42,46H,9-10,13,15,17-24H2,1-8H3/b28-14+,29-11?,31-16?,32-25?/t33-,34-,35+,39-,40+,41-/m0/s1. The summed E-state index contributed by atoms with van der Waals surface area (Å²) in [5.41, 5.74) is 0.811. The van der Waals surface area contributed by atoms with Gasteiger partial charge in [-0.05, 0) is 116 Å². The van der Waals surface area contributed by atoms with E-state index < -0.39 is 35.3 Å². The fraction of sp³-hybridized carbons (Fsp3) is 0.683. The van der Waals surface area contributed by atoms with Crippen molar-refractivity contribution in [2.75, 3.05) is 7.11 Å². The molecule has 0 aromatic heterocycles. The first-order valence-corrected chi connectivity index (χ1v) is 18.6. The number of ether oxygens (including phenoxy) is 4. The molecule has 0 aromatic carbocycles. The molecule has 2 N–H and O–H groups in total. The third kappa shape index (κ3) is 10.1. The number of esters is 3. The highest BCUT2D eigenvalue weighted by Gasteiger charge is 2.51. The van der Waals surface area contributed by atoms with Crippen molar-refractivity contribution >= 4 is 17.9 Å². The number of rotatable bonds is 5. The summed E-state index contributed by atoms with van der Waals surface area (Å²) in [5.74, 6) is -1.01. The van der Waals surface area contributed by atoms with Crippen LogP contribution in [0.3, 0.4) is 0 Å². The molecule has 6 atom stereocenters. The molecule has 0 unspecified atom stereocenters. The Morgan fingerprint density at radius 1 is 0.820 bits per heavy atom. The summed E-state index contributed by atoms with van der Waals surface area (Å²) in [6.45, 7) is 13.7. The van der Waals surface area contributed by atoms with Gasteiger partial charge in [-0.3, -0.25) is 0 Å². The van der Waals surface area contributed by atoms with E-state index in [0.717, 1.165) is 11.1 Å². The van der Waals surface area contributed by atoms with Crippen molar-refractivity contribution in [1.29, 1.82) is 0 Å². The number of aliphatic hydroxyl groups excluding tert-OH is 1. The molecule has 1 fully saturated rings. The molecule has 2 bridgehead atoms. The van der Waals surface area contributed by atoms with Gasteiger partial charge >= 0.3 is 17.9 Å². The van der Waals surface area contributed by atoms with Gasteiger partial charge in [-0.15, -0.1) is 0 Å². The number of carbonyl (C=O) groups excluding carboxylic acids is 3. The van der Waals surface area contributed by atoms with E-state index in [1.165, 1.54) is 7.11 Å². The molecular weight excluding hydrogens is 636 g/mol. The minimum atomic E-state index is -1.51. The minimum absolute atomic E-state index is 0.0135. The van der Waals surface area contributed by atoms with Crippen LogP contribution in [0.25, 0.3) is 0 Å². The van der Waals surface area contributed by atoms with E-state index in [9.17, 15) is 24.6 Å². The summed E-state index contributed by atoms with van der Waals surface area (Å²) in [5, 5.41) is 23.2. The van der Waals surface area contributed by atoms with Gasteiger partial charge in [0.25, 0.3) is 0 Å². The Kier molecular flexibility index (Phi) is 13.2. The lowest BCUT2D eigenvalue weighted by molar-refractivity contribution is -0.169. The summed E-state index contributed by atoms with van der Waals surface area (Å²) in [4.78, 5) is 39.8. The van der Waals surface area contributed by atoms with E-state index in [1.54, 1.807) is 13.8 Å². The van der Waals surface area contributed by atoms with Crippen LogP contribution in [-0.4, -0.2) is 70.3 Å². The molecule has 0 aromatic rings. The normalized spacial score (nSPS) is 34.4. The van der Waals surface area contributed by atoms with Gasteiger partial charge < -0.3 is 29.2 Å². The van der Waals surface area contributed by atoms with Crippen molar-refractivity contribution in [2.24, 2.45) is 11.8 Å². The molecule has 1 saturated heterocycles. The Bertz CT molecular complexity index is 1430. The SMILES string of the molecule is COC(=O)C1=C/C=C(/C(C)C)CCC(C(=O)O[C@@H]2C=C(C(C)C)CCC3=CCC[C@@](C)(OC3=O)[C@@H](O)CC[C@]2(C)O)=CCC[C@]2(C)O[C@H]2CC1. The number of allylic oxidation sites excluding steroid dienone is 6. The maximum absolute atomic E-state index is 14.2. The lowest BCUT2D eigenvalue weighted by atomic mass is 9.83. The fourth-order valence-electron chi connectivity index (χ4n) is 7.25. The zero-order chi connectivity index (χ0) is 36.9. The molecule has 50 heavy (non-hydrogen) atoms. The molecule has 0 saturated carbocycles. The first-order valence-electron chi connectivity index (χ1n) is 18.6. The molecule has 1 aliphatic carbocycles. The van der Waals surface area contributed by atoms with Crippen LogP contribution in [0.4, 0.5) is 0 Å². The zero-order valence-electron chi connectivity index (χ0n) is 31.5. The average Bonchev–Trinajstić information content (AvgIpc) is 3.74. The molecule has 3 heterocycles. The van der Waals surface area contributed by atoms with Crippen molar-refractivity contribution < 1.29 is 43.5 Å². The van der Waals surface area contributed by atoms with Crippen LogP contribution in [0, 0.1) is 11.8 Å². The van der Waals surface area contributed by atoms with Gasteiger partial charge in [0, 0.05) is 16.7 Å². The molecular formula is C41H60O9. The average molecular weight is 697 g/mol. The number of aliphatic hydroxyl groups is 2. The van der Waals surface area contributed by atoms with E-state index in [4.69, 9.17) is 18.9 Å². The van der Waals surface area contributed by atoms with Gasteiger partial charge in [-0.1, -0.05) is 63.1 Å². The highest BCUT2D eigenvalue weighted by Crippen LogP contribution is 2.44. The maximum Gasteiger partial charge on any atom is 0.334 e. The van der Waals surface area contributed by atoms with Gasteiger partial charge in [0.1, 0.15) is 17.3 Å². The first kappa shape index (κ1) is 39.8. The predicted molar refractivity (Wildman–Crippen MR) is 192 cm³/mol. The van der Waals surface area contributed by atoms with Crippen LogP contribution >= 0.6 is 0 Å². The van der Waals surface area contributed by atoms with Crippen LogP contribution in [0.5, 0.6) is 0 Å². The fourth-order valence-corrected chi connectivity index (χ4v) is 7.25. The zero-order valence-corrected chi connectivity index (χ0v) is 31.5. The lowest BCUT2D eigenvalue weighted by Gasteiger charge is -2.36. The number of fused-ring (bicyclic) bond motifs is 4. The smallest absolute Gasteiger partial charge is 0.334 e. The Labute approximate surface area is 298 Å². The van der Waals surface area contributed by atoms with Crippen LogP contribution in [0.1, 0.15) is 126 Å². The highest BCUT2D eigenvalue weighted by atomic mass is 16.6. The van der Waals surface area contributed by atoms with Gasteiger partial charge in [-0.2, -0.15) is 0 Å². The molecule has 0 radical (unpaired) electrons. The van der Waals surface area contributed by atoms with Crippen LogP contribution in [0.15, 0.2) is 58.2 Å². The molecule has 278 valence electrons. The lowest BCUT2D eigenvalue weighted by Crippen LogP contribution is -2.46. The Hall–Kier alpha value is -3.01. The Morgan fingerprint density at radius 3 is 2.16 bits per heavy atom. The van der Waals surface area contributed by atoms with Crippen molar-refractivity contribution in [3.63, 3.8) is 0 Å². The number of hydrogen-bond acceptors (Lipinski definition) is 9. The molecule has 0 amide bonds. The molecule has 4 rings (SSSR count). The minimum Gasteiger partial charge on any atom is -0.466 e. The maximum atomic E-state index is 14.2. The molecule has 9 heteroatoms. The molecule has 0 spiro atoms. The Balaban J connectivity index is 1.66. The van der Waals surface area contributed by atoms with Crippen LogP contribution in [-0.2, 0) is 33.3 Å². The summed E-state index contributed by atoms with van der Waals surface area (Å²) in [6.07, 6.45) is 13.5. The van der Waals surface area contributed by atoms with E-state index in [0.29, 0.717) is 80.9 Å². The largest absolute Gasteiger partial charge is 0.466 e. The number of epoxide rings is 1. The first-order chi connectivity index (χ1) is 23.5. The summed E-state index contributed by atoms with van der Waals surface area (Å²) >= 11 is 0. The molecule has 4 aliphatic rings. The van der Waals surface area contributed by atoms with Gasteiger partial charge in [-0.25, -0.2) is 14.4 Å². The monoisotopic (exact) mass is 696 g/mol. The molecule has 3 aliphatic heterocycles. The summed E-state index contributed by atoms with van der Waals surface area (Å²) in [6, 6.07) is 0. The topological polar surface area (TPSA) is 132 Å². The summed E-state index contributed by atoms with van der Waals surface area (Å²) in [7, 11) is 1.39. The predicted octanol–water partition coefficient (Wildman–Crippen LogP) is 7.31. The van der Waals surface area contributed by atoms with Crippen molar-refractivity contribution in [2.45, 2.75) is 161 Å². The van der Waals surface area contributed by atoms with Crippen LogP contribution < -0.4 is 0 Å². The third-order valence-electron chi connectivity index (χ3n) is 11.3. The second-order valence-corrected chi connectivity index (χ2v) is 15.9. The third-order valence-corrected chi connectivity index (χ3v) is 11.3. The quantitative estimate of drug-likeness (QED) is 0.131. The van der Waals surface area contributed by atoms with Gasteiger partial charge in [0.05, 0.1) is 24.9 Å². The second kappa shape index (κ2) is 16.6. The highest BCUT2D eigenvalue weighted by molar-refractivity contribution is 5.90. The number of hydrogen-bond donors (Lipinski definition) is 2. The van der Waals surface area contributed by atoms with E-state index in [-0.39, 0.29) is 42.4 Å². The Morgan fingerprint density at radius 2 is 1.48 bits per heavy atom. The van der Waals surface area contributed by atoms with E-state index in [2.05, 4.69) is 20.8 Å². The van der Waals surface area contributed by atoms with Crippen molar-refractivity contribution in [3.8, 4) is 0 Å². The summed E-state index contributed by atoms with van der Waals surface area (Å²) < 4.78 is 23.3.